The molecule has 2 aliphatic rings. The predicted molar refractivity (Wildman–Crippen MR) is 57.7 cm³/mol. The van der Waals surface area contributed by atoms with Gasteiger partial charge in [-0.2, -0.15) is 0 Å². The van der Waals surface area contributed by atoms with Crippen LogP contribution in [0.25, 0.3) is 0 Å². The summed E-state index contributed by atoms with van der Waals surface area (Å²) in [4.78, 5) is 13.7. The number of alkyl halides is 2. The number of amides is 1. The average Bonchev–Trinajstić information content (AvgIpc) is 2.87. The Morgan fingerprint density at radius 1 is 1.73 bits per heavy atom. The van der Waals surface area contributed by atoms with Crippen LogP contribution in [0, 0.1) is 5.41 Å². The summed E-state index contributed by atoms with van der Waals surface area (Å²) >= 11 is 3.33. The molecule has 2 rings (SSSR count). The summed E-state index contributed by atoms with van der Waals surface area (Å²) in [5.74, 6) is -0.0516. The maximum atomic E-state index is 13.1. The van der Waals surface area contributed by atoms with Crippen LogP contribution >= 0.6 is 15.9 Å². The zero-order valence-corrected chi connectivity index (χ0v) is 10.3. The Morgan fingerprint density at radius 3 is 2.93 bits per heavy atom. The van der Waals surface area contributed by atoms with Crippen LogP contribution in [0.15, 0.2) is 0 Å². The molecule has 1 aliphatic heterocycles. The normalized spacial score (nSPS) is 40.3. The van der Waals surface area contributed by atoms with Crippen LogP contribution in [0.3, 0.4) is 0 Å². The van der Waals surface area contributed by atoms with E-state index in [0.29, 0.717) is 31.4 Å². The van der Waals surface area contributed by atoms with Gasteiger partial charge in [-0.05, 0) is 13.3 Å². The lowest BCUT2D eigenvalue weighted by Gasteiger charge is -2.33. The standard InChI is InChI=1S/C10H15BrFNO2/c1-10(4-8(10)12)9(14)13-2-3-15-7(5-11)6-13/h7-8H,2-6H2,1H3. The molecule has 3 nitrogen and oxygen atoms in total. The van der Waals surface area contributed by atoms with Gasteiger partial charge in [0.25, 0.3) is 0 Å². The third-order valence-electron chi connectivity index (χ3n) is 3.22. The van der Waals surface area contributed by atoms with Crippen LogP contribution in [0.1, 0.15) is 13.3 Å². The molecular weight excluding hydrogens is 265 g/mol. The SMILES string of the molecule is CC1(C(=O)N2CCOC(CBr)C2)CC1F. The van der Waals surface area contributed by atoms with Crippen molar-refractivity contribution in [1.29, 1.82) is 0 Å². The highest BCUT2D eigenvalue weighted by atomic mass is 79.9. The van der Waals surface area contributed by atoms with Crippen molar-refractivity contribution in [2.45, 2.75) is 25.6 Å². The van der Waals surface area contributed by atoms with Gasteiger partial charge in [0.2, 0.25) is 5.91 Å². The Balaban J connectivity index is 1.96. The first-order valence-corrected chi connectivity index (χ1v) is 6.31. The number of halogens is 2. The molecule has 1 saturated carbocycles. The molecule has 15 heavy (non-hydrogen) atoms. The van der Waals surface area contributed by atoms with Crippen LogP contribution in [-0.2, 0) is 9.53 Å². The predicted octanol–water partition coefficient (Wildman–Crippen LogP) is 1.36. The van der Waals surface area contributed by atoms with Gasteiger partial charge in [-0.15, -0.1) is 0 Å². The first-order chi connectivity index (χ1) is 7.08. The zero-order valence-electron chi connectivity index (χ0n) is 8.71. The van der Waals surface area contributed by atoms with Gasteiger partial charge in [-0.3, -0.25) is 4.79 Å². The number of ether oxygens (including phenoxy) is 1. The van der Waals surface area contributed by atoms with E-state index in [9.17, 15) is 9.18 Å². The third-order valence-corrected chi connectivity index (χ3v) is 3.94. The lowest BCUT2D eigenvalue weighted by Crippen LogP contribution is -2.48. The number of hydrogen-bond acceptors (Lipinski definition) is 2. The maximum absolute atomic E-state index is 13.1. The second-order valence-corrected chi connectivity index (χ2v) is 5.13. The first kappa shape index (κ1) is 11.3. The largest absolute Gasteiger partial charge is 0.374 e. The van der Waals surface area contributed by atoms with Gasteiger partial charge in [0.05, 0.1) is 18.1 Å². The lowest BCUT2D eigenvalue weighted by molar-refractivity contribution is -0.143. The Labute approximate surface area is 97.1 Å². The highest BCUT2D eigenvalue weighted by molar-refractivity contribution is 9.09. The number of nitrogens with zero attached hydrogens (tertiary/aromatic N) is 1. The molecule has 1 amide bonds. The Hall–Kier alpha value is -0.160. The number of hydrogen-bond donors (Lipinski definition) is 0. The van der Waals surface area contributed by atoms with Crippen molar-refractivity contribution in [2.75, 3.05) is 25.0 Å². The van der Waals surface area contributed by atoms with Gasteiger partial charge in [0, 0.05) is 18.4 Å². The molecule has 0 aromatic heterocycles. The lowest BCUT2D eigenvalue weighted by atomic mass is 10.1. The van der Waals surface area contributed by atoms with Crippen molar-refractivity contribution in [3.8, 4) is 0 Å². The first-order valence-electron chi connectivity index (χ1n) is 5.19. The van der Waals surface area contributed by atoms with E-state index in [0.717, 1.165) is 0 Å². The molecule has 5 heteroatoms. The van der Waals surface area contributed by atoms with Crippen LogP contribution in [0.5, 0.6) is 0 Å². The van der Waals surface area contributed by atoms with Gasteiger partial charge < -0.3 is 9.64 Å². The molecule has 0 aromatic carbocycles. The minimum atomic E-state index is -0.949. The molecule has 0 spiro atoms. The molecule has 3 atom stereocenters. The number of carbonyl (C=O) groups excluding carboxylic acids is 1. The Bertz CT molecular complexity index is 276. The Morgan fingerprint density at radius 2 is 2.40 bits per heavy atom. The van der Waals surface area contributed by atoms with E-state index in [1.165, 1.54) is 0 Å². The van der Waals surface area contributed by atoms with Gasteiger partial charge in [0.1, 0.15) is 6.17 Å². The van der Waals surface area contributed by atoms with E-state index in [1.54, 1.807) is 11.8 Å². The quantitative estimate of drug-likeness (QED) is 0.715. The number of carbonyl (C=O) groups is 1. The second kappa shape index (κ2) is 4.01. The molecule has 1 saturated heterocycles. The fourth-order valence-corrected chi connectivity index (χ4v) is 2.28. The van der Waals surface area contributed by atoms with E-state index >= 15 is 0 Å². The van der Waals surface area contributed by atoms with Gasteiger partial charge in [-0.25, -0.2) is 4.39 Å². The molecule has 86 valence electrons. The second-order valence-electron chi connectivity index (χ2n) is 4.49. The van der Waals surface area contributed by atoms with Crippen molar-refractivity contribution in [1.82, 2.24) is 4.90 Å². The molecular formula is C10H15BrFNO2. The smallest absolute Gasteiger partial charge is 0.231 e. The van der Waals surface area contributed by atoms with E-state index in [1.807, 2.05) is 0 Å². The molecule has 0 bridgehead atoms. The molecule has 3 unspecified atom stereocenters. The fourth-order valence-electron chi connectivity index (χ4n) is 1.89. The molecule has 0 radical (unpaired) electrons. The minimum Gasteiger partial charge on any atom is -0.374 e. The molecule has 0 aromatic rings. The summed E-state index contributed by atoms with van der Waals surface area (Å²) in [5, 5.41) is 0.715. The summed E-state index contributed by atoms with van der Waals surface area (Å²) in [5.41, 5.74) is -0.742. The van der Waals surface area contributed by atoms with E-state index in [-0.39, 0.29) is 12.0 Å². The monoisotopic (exact) mass is 279 g/mol. The molecule has 2 fully saturated rings. The highest BCUT2D eigenvalue weighted by Crippen LogP contribution is 2.49. The fraction of sp³-hybridized carbons (Fsp3) is 0.900. The van der Waals surface area contributed by atoms with Crippen molar-refractivity contribution < 1.29 is 13.9 Å². The number of rotatable bonds is 2. The maximum Gasteiger partial charge on any atom is 0.231 e. The van der Waals surface area contributed by atoms with E-state index < -0.39 is 11.6 Å². The van der Waals surface area contributed by atoms with Crippen LogP contribution in [0.4, 0.5) is 4.39 Å². The van der Waals surface area contributed by atoms with E-state index in [4.69, 9.17) is 4.74 Å². The minimum absolute atomic E-state index is 0.0445. The average molecular weight is 280 g/mol. The van der Waals surface area contributed by atoms with Crippen molar-refractivity contribution in [3.63, 3.8) is 0 Å². The van der Waals surface area contributed by atoms with Crippen molar-refractivity contribution in [2.24, 2.45) is 5.41 Å². The summed E-state index contributed by atoms with van der Waals surface area (Å²) in [7, 11) is 0. The third kappa shape index (κ3) is 2.04. The van der Waals surface area contributed by atoms with Crippen LogP contribution in [-0.4, -0.2) is 48.1 Å². The van der Waals surface area contributed by atoms with Crippen molar-refractivity contribution in [3.05, 3.63) is 0 Å². The summed E-state index contributed by atoms with van der Waals surface area (Å²) in [6.07, 6.45) is -0.527. The number of morpholine rings is 1. The van der Waals surface area contributed by atoms with E-state index in [2.05, 4.69) is 15.9 Å². The summed E-state index contributed by atoms with van der Waals surface area (Å²) < 4.78 is 18.5. The van der Waals surface area contributed by atoms with Gasteiger partial charge in [-0.1, -0.05) is 15.9 Å². The van der Waals surface area contributed by atoms with Gasteiger partial charge >= 0.3 is 0 Å². The van der Waals surface area contributed by atoms with Crippen molar-refractivity contribution >= 4 is 21.8 Å². The van der Waals surface area contributed by atoms with Crippen LogP contribution in [0.2, 0.25) is 0 Å². The van der Waals surface area contributed by atoms with Gasteiger partial charge in [0.15, 0.2) is 0 Å². The Kier molecular flexibility index (Phi) is 3.03. The zero-order chi connectivity index (χ0) is 11.1. The summed E-state index contributed by atoms with van der Waals surface area (Å²) in [6, 6.07) is 0. The molecule has 1 heterocycles. The highest BCUT2D eigenvalue weighted by Gasteiger charge is 2.58. The van der Waals surface area contributed by atoms with Crippen LogP contribution < -0.4 is 0 Å². The molecule has 0 N–H and O–H groups in total. The molecule has 1 aliphatic carbocycles. The summed E-state index contributed by atoms with van der Waals surface area (Å²) in [6.45, 7) is 3.42. The topological polar surface area (TPSA) is 29.5 Å².